The molecule has 0 atom stereocenters. The smallest absolute Gasteiger partial charge is 0.389 e. The number of carbonyl (C=O) groups excluding carboxylic acids is 1. The molecule has 2 N–H and O–H groups in total. The molecule has 0 aliphatic rings. The molecule has 0 fully saturated rings. The van der Waals surface area contributed by atoms with Crippen LogP contribution in [0.3, 0.4) is 0 Å². The number of benzene rings is 1. The summed E-state index contributed by atoms with van der Waals surface area (Å²) in [6.45, 7) is 0.378. The van der Waals surface area contributed by atoms with Crippen molar-refractivity contribution in [1.29, 1.82) is 0 Å². The SMILES string of the molecule is [CH2-][NH2+]C(=O)N(C)Cc1c(Cl)cccc1Cl. The second kappa shape index (κ2) is 5.35. The number of quaternary nitrogens is 1. The zero-order valence-electron chi connectivity index (χ0n) is 8.34. The molecule has 0 saturated heterocycles. The Kier molecular flexibility index (Phi) is 4.39. The Balaban J connectivity index is 2.85. The topological polar surface area (TPSA) is 36.9 Å². The van der Waals surface area contributed by atoms with Gasteiger partial charge in [-0.05, 0) is 12.1 Å². The highest BCUT2D eigenvalue weighted by Gasteiger charge is 2.12. The van der Waals surface area contributed by atoms with Gasteiger partial charge in [0, 0.05) is 22.7 Å². The van der Waals surface area contributed by atoms with E-state index in [1.54, 1.807) is 25.2 Å². The van der Waals surface area contributed by atoms with Gasteiger partial charge in [0.1, 0.15) is 0 Å². The third-order valence-electron chi connectivity index (χ3n) is 2.01. The van der Waals surface area contributed by atoms with Gasteiger partial charge in [0.25, 0.3) is 0 Å². The Labute approximate surface area is 99.0 Å². The molecule has 2 amide bonds. The molecule has 0 bridgehead atoms. The summed E-state index contributed by atoms with van der Waals surface area (Å²) in [7, 11) is 5.08. The van der Waals surface area contributed by atoms with Crippen LogP contribution in [0, 0.1) is 7.05 Å². The van der Waals surface area contributed by atoms with Crippen molar-refractivity contribution in [3.63, 3.8) is 0 Å². The molecule has 1 aromatic carbocycles. The molecule has 0 spiro atoms. The number of nitrogens with two attached hydrogens (primary N) is 1. The lowest BCUT2D eigenvalue weighted by atomic mass is 10.2. The van der Waals surface area contributed by atoms with Gasteiger partial charge in [0.2, 0.25) is 0 Å². The summed E-state index contributed by atoms with van der Waals surface area (Å²) in [5.74, 6) is 0. The number of rotatable bonds is 2. The van der Waals surface area contributed by atoms with E-state index in [0.29, 0.717) is 16.6 Å². The van der Waals surface area contributed by atoms with Crippen LogP contribution in [0.25, 0.3) is 0 Å². The fourth-order valence-corrected chi connectivity index (χ4v) is 1.67. The third kappa shape index (κ3) is 3.09. The quantitative estimate of drug-likeness (QED) is 0.796. The predicted molar refractivity (Wildman–Crippen MR) is 60.6 cm³/mol. The first-order chi connectivity index (χ1) is 7.06. The molecule has 1 aromatic rings. The lowest BCUT2D eigenvalue weighted by Gasteiger charge is -2.16. The number of primary amides is 1. The first-order valence-corrected chi connectivity index (χ1v) is 5.12. The standard InChI is InChI=1S/C10H12Cl2N2O/c1-13-10(15)14(2)6-7-8(11)4-3-5-9(7)12/h3-5H,1,6,13H2,2H3. The van der Waals surface area contributed by atoms with Gasteiger partial charge in [-0.1, -0.05) is 29.3 Å². The second-order valence-electron chi connectivity index (χ2n) is 3.10. The van der Waals surface area contributed by atoms with Crippen LogP contribution in [0.2, 0.25) is 10.0 Å². The predicted octanol–water partition coefficient (Wildman–Crippen LogP) is 1.90. The molecule has 0 aliphatic heterocycles. The van der Waals surface area contributed by atoms with Crippen LogP contribution in [-0.4, -0.2) is 18.0 Å². The molecule has 82 valence electrons. The first-order valence-electron chi connectivity index (χ1n) is 4.36. The van der Waals surface area contributed by atoms with Gasteiger partial charge in [-0.25, -0.2) is 4.79 Å². The summed E-state index contributed by atoms with van der Waals surface area (Å²) in [5, 5.41) is 2.38. The number of urea groups is 1. The van der Waals surface area contributed by atoms with Gasteiger partial charge in [0.15, 0.2) is 0 Å². The number of hydrogen-bond acceptors (Lipinski definition) is 1. The second-order valence-corrected chi connectivity index (χ2v) is 3.91. The molecule has 0 saturated carbocycles. The third-order valence-corrected chi connectivity index (χ3v) is 2.72. The lowest BCUT2D eigenvalue weighted by Crippen LogP contribution is -2.84. The minimum absolute atomic E-state index is 0.161. The van der Waals surface area contributed by atoms with Gasteiger partial charge >= 0.3 is 6.03 Å². The average Bonchev–Trinajstić information content (AvgIpc) is 2.22. The van der Waals surface area contributed by atoms with Crippen molar-refractivity contribution < 1.29 is 10.1 Å². The summed E-state index contributed by atoms with van der Waals surface area (Å²) in [4.78, 5) is 12.8. The highest BCUT2D eigenvalue weighted by Crippen LogP contribution is 2.25. The van der Waals surface area contributed by atoms with E-state index in [1.165, 1.54) is 10.2 Å². The zero-order chi connectivity index (χ0) is 11.4. The van der Waals surface area contributed by atoms with Crippen LogP contribution in [0.15, 0.2) is 18.2 Å². The van der Waals surface area contributed by atoms with Gasteiger partial charge < -0.3 is 5.32 Å². The molecule has 0 aromatic heterocycles. The number of hydrogen-bond donors (Lipinski definition) is 1. The van der Waals surface area contributed by atoms with Crippen molar-refractivity contribution in [3.8, 4) is 0 Å². The van der Waals surface area contributed by atoms with E-state index in [-0.39, 0.29) is 6.03 Å². The van der Waals surface area contributed by atoms with Crippen molar-refractivity contribution >= 4 is 29.2 Å². The van der Waals surface area contributed by atoms with Crippen LogP contribution in [-0.2, 0) is 6.54 Å². The molecule has 0 aliphatic carbocycles. The van der Waals surface area contributed by atoms with E-state index in [0.717, 1.165) is 5.56 Å². The van der Waals surface area contributed by atoms with Crippen LogP contribution < -0.4 is 5.32 Å². The van der Waals surface area contributed by atoms with E-state index in [1.807, 2.05) is 0 Å². The molecule has 0 heterocycles. The molecular formula is C10H12Cl2N2O. The summed E-state index contributed by atoms with van der Waals surface area (Å²) in [6.07, 6.45) is 0. The highest BCUT2D eigenvalue weighted by molar-refractivity contribution is 6.35. The van der Waals surface area contributed by atoms with Crippen LogP contribution in [0.1, 0.15) is 5.56 Å². The Morgan fingerprint density at radius 3 is 2.47 bits per heavy atom. The lowest BCUT2D eigenvalue weighted by molar-refractivity contribution is -0.497. The summed E-state index contributed by atoms with van der Waals surface area (Å²) < 4.78 is 0. The monoisotopic (exact) mass is 246 g/mol. The Hall–Kier alpha value is -0.770. The van der Waals surface area contributed by atoms with Crippen LogP contribution >= 0.6 is 23.2 Å². The van der Waals surface area contributed by atoms with E-state index in [4.69, 9.17) is 23.2 Å². The van der Waals surface area contributed by atoms with Crippen molar-refractivity contribution in [2.45, 2.75) is 6.54 Å². The van der Waals surface area contributed by atoms with Gasteiger partial charge in [-0.2, -0.15) is 0 Å². The first kappa shape index (κ1) is 12.3. The minimum atomic E-state index is -0.161. The van der Waals surface area contributed by atoms with E-state index >= 15 is 0 Å². The summed E-state index contributed by atoms with van der Waals surface area (Å²) in [5.41, 5.74) is 0.749. The highest BCUT2D eigenvalue weighted by atomic mass is 35.5. The maximum Gasteiger partial charge on any atom is 0.389 e. The normalized spacial score (nSPS) is 10.1. The maximum atomic E-state index is 11.3. The number of amides is 2. The number of halogens is 2. The minimum Gasteiger partial charge on any atom is -0.395 e. The zero-order valence-corrected chi connectivity index (χ0v) is 9.85. The van der Waals surface area contributed by atoms with Gasteiger partial charge in [-0.15, -0.1) is 7.05 Å². The molecule has 3 nitrogen and oxygen atoms in total. The Morgan fingerprint density at radius 1 is 1.47 bits per heavy atom. The van der Waals surface area contributed by atoms with Crippen LogP contribution in [0.4, 0.5) is 4.79 Å². The van der Waals surface area contributed by atoms with Crippen molar-refractivity contribution in [1.82, 2.24) is 4.90 Å². The molecule has 5 heteroatoms. The number of carbonyl (C=O) groups is 1. The fraction of sp³-hybridized carbons (Fsp3) is 0.200. The average molecular weight is 247 g/mol. The molecule has 0 radical (unpaired) electrons. The van der Waals surface area contributed by atoms with Crippen LogP contribution in [0.5, 0.6) is 0 Å². The van der Waals surface area contributed by atoms with E-state index in [9.17, 15) is 4.79 Å². The summed E-state index contributed by atoms with van der Waals surface area (Å²) >= 11 is 11.9. The largest absolute Gasteiger partial charge is 0.395 e. The summed E-state index contributed by atoms with van der Waals surface area (Å²) in [6, 6.07) is 5.10. The fourth-order valence-electron chi connectivity index (χ4n) is 1.15. The molecule has 0 unspecified atom stereocenters. The van der Waals surface area contributed by atoms with Gasteiger partial charge in [-0.3, -0.25) is 4.90 Å². The van der Waals surface area contributed by atoms with Crippen molar-refractivity contribution in [2.75, 3.05) is 7.05 Å². The number of nitrogens with zero attached hydrogens (tertiary/aromatic N) is 1. The Bertz CT molecular complexity index is 348. The van der Waals surface area contributed by atoms with E-state index < -0.39 is 0 Å². The molecular weight excluding hydrogens is 235 g/mol. The van der Waals surface area contributed by atoms with E-state index in [2.05, 4.69) is 7.05 Å². The van der Waals surface area contributed by atoms with Gasteiger partial charge in [0.05, 0.1) is 6.54 Å². The van der Waals surface area contributed by atoms with Crippen molar-refractivity contribution in [2.24, 2.45) is 0 Å². The van der Waals surface area contributed by atoms with Crippen molar-refractivity contribution in [3.05, 3.63) is 40.9 Å². The maximum absolute atomic E-state index is 11.3. The molecule has 1 rings (SSSR count). The Morgan fingerprint density at radius 2 is 2.00 bits per heavy atom. The molecule has 15 heavy (non-hydrogen) atoms.